The summed E-state index contributed by atoms with van der Waals surface area (Å²) in [4.78, 5) is 36.1. The molecule has 2 N–H and O–H groups in total. The molecule has 0 saturated carbocycles. The lowest BCUT2D eigenvalue weighted by Crippen LogP contribution is -2.47. The van der Waals surface area contributed by atoms with E-state index >= 15 is 0 Å². The molecule has 1 atom stereocenters. The number of anilines is 1. The Morgan fingerprint density at radius 3 is 2.37 bits per heavy atom. The van der Waals surface area contributed by atoms with Gasteiger partial charge in [0.1, 0.15) is 11.8 Å². The molecular weight excluding hydrogens is 462 g/mol. The first kappa shape index (κ1) is 24.2. The third kappa shape index (κ3) is 5.41. The molecule has 2 heterocycles. The number of methoxy groups -OCH3 is 1. The number of imidazole rings is 1. The van der Waals surface area contributed by atoms with Crippen molar-refractivity contribution in [3.8, 4) is 27.7 Å². The predicted octanol–water partition coefficient (Wildman–Crippen LogP) is 4.61. The fourth-order valence-electron chi connectivity index (χ4n) is 3.59. The van der Waals surface area contributed by atoms with E-state index in [-0.39, 0.29) is 17.7 Å². The number of nitrogens with one attached hydrogen (secondary N) is 2. The number of rotatable bonds is 8. The van der Waals surface area contributed by atoms with Crippen LogP contribution in [0.4, 0.5) is 5.13 Å². The Labute approximate surface area is 208 Å². The Hall–Kier alpha value is -3.98. The molecule has 2 amide bonds. The summed E-state index contributed by atoms with van der Waals surface area (Å²) >= 11 is 1.35. The summed E-state index contributed by atoms with van der Waals surface area (Å²) in [6, 6.07) is 15.8. The van der Waals surface area contributed by atoms with Gasteiger partial charge in [0.2, 0.25) is 5.91 Å². The Morgan fingerprint density at radius 2 is 1.77 bits per heavy atom. The van der Waals surface area contributed by atoms with Gasteiger partial charge in [0.25, 0.3) is 5.91 Å². The second-order valence-corrected chi connectivity index (χ2v) is 9.34. The molecule has 8 nitrogen and oxygen atoms in total. The summed E-state index contributed by atoms with van der Waals surface area (Å²) < 4.78 is 7.06. The molecule has 0 saturated heterocycles. The monoisotopic (exact) mass is 489 g/mol. The maximum atomic E-state index is 13.2. The van der Waals surface area contributed by atoms with Crippen molar-refractivity contribution in [3.05, 3.63) is 72.6 Å². The zero-order valence-corrected chi connectivity index (χ0v) is 20.8. The van der Waals surface area contributed by atoms with Crippen molar-refractivity contribution in [2.75, 3.05) is 12.4 Å². The smallest absolute Gasteiger partial charge is 0.251 e. The van der Waals surface area contributed by atoms with Crippen molar-refractivity contribution < 1.29 is 14.3 Å². The number of carbonyl (C=O) groups excluding carboxylic acids is 2. The summed E-state index contributed by atoms with van der Waals surface area (Å²) in [5, 5.41) is 6.20. The van der Waals surface area contributed by atoms with Crippen LogP contribution in [-0.4, -0.2) is 39.5 Å². The minimum atomic E-state index is -0.745. The van der Waals surface area contributed by atoms with Crippen LogP contribution in [0.5, 0.6) is 5.75 Å². The Kier molecular flexibility index (Phi) is 7.26. The molecule has 0 spiro atoms. The van der Waals surface area contributed by atoms with Crippen molar-refractivity contribution in [1.29, 1.82) is 0 Å². The van der Waals surface area contributed by atoms with Crippen LogP contribution < -0.4 is 15.4 Å². The molecular formula is C26H27N5O3S. The molecule has 4 aromatic rings. The summed E-state index contributed by atoms with van der Waals surface area (Å²) in [6.45, 7) is 3.77. The van der Waals surface area contributed by atoms with Crippen LogP contribution >= 0.6 is 11.3 Å². The van der Waals surface area contributed by atoms with Gasteiger partial charge in [0.05, 0.1) is 17.7 Å². The normalized spacial score (nSPS) is 11.8. The zero-order valence-electron chi connectivity index (χ0n) is 20.0. The second-order valence-electron chi connectivity index (χ2n) is 8.34. The molecule has 9 heteroatoms. The lowest BCUT2D eigenvalue weighted by Gasteiger charge is -2.21. The quantitative estimate of drug-likeness (QED) is 0.377. The molecule has 0 fully saturated rings. The maximum Gasteiger partial charge on any atom is 0.251 e. The van der Waals surface area contributed by atoms with Gasteiger partial charge in [-0.25, -0.2) is 9.97 Å². The van der Waals surface area contributed by atoms with Gasteiger partial charge < -0.3 is 19.9 Å². The Balaban J connectivity index is 1.58. The number of amides is 2. The van der Waals surface area contributed by atoms with E-state index in [1.807, 2.05) is 62.0 Å². The first-order valence-electron chi connectivity index (χ1n) is 11.2. The number of aromatic nitrogens is 3. The molecule has 0 bridgehead atoms. The molecule has 35 heavy (non-hydrogen) atoms. The van der Waals surface area contributed by atoms with E-state index in [2.05, 4.69) is 15.6 Å². The Bertz CT molecular complexity index is 1310. The van der Waals surface area contributed by atoms with Crippen LogP contribution in [0.2, 0.25) is 0 Å². The largest absolute Gasteiger partial charge is 0.497 e. The average Bonchev–Trinajstić information content (AvgIpc) is 3.48. The van der Waals surface area contributed by atoms with Crippen LogP contribution in [-0.2, 0) is 11.8 Å². The Morgan fingerprint density at radius 1 is 1.06 bits per heavy atom. The van der Waals surface area contributed by atoms with Gasteiger partial charge in [-0.3, -0.25) is 9.59 Å². The second kappa shape index (κ2) is 10.5. The SMILES string of the molecule is COc1ccc(C(=O)NC(C(=O)Nc2nc(-c3ccccc3)c(-c3nccn3C)s2)C(C)C)cc1. The number of ether oxygens (including phenoxy) is 1. The molecule has 180 valence electrons. The highest BCUT2D eigenvalue weighted by molar-refractivity contribution is 7.19. The van der Waals surface area contributed by atoms with Crippen molar-refractivity contribution in [2.24, 2.45) is 13.0 Å². The fourth-order valence-corrected chi connectivity index (χ4v) is 4.62. The van der Waals surface area contributed by atoms with Gasteiger partial charge >= 0.3 is 0 Å². The standard InChI is InChI=1S/C26H27N5O3S/c1-16(2)20(28-24(32)18-10-12-19(34-4)13-11-18)25(33)30-26-29-21(17-8-6-5-7-9-17)22(35-26)23-27-14-15-31(23)3/h5-16,20H,1-4H3,(H,28,32)(H,29,30,33). The van der Waals surface area contributed by atoms with Crippen molar-refractivity contribution in [1.82, 2.24) is 19.9 Å². The van der Waals surface area contributed by atoms with Gasteiger partial charge in [-0.05, 0) is 30.2 Å². The van der Waals surface area contributed by atoms with Gasteiger partial charge in [-0.2, -0.15) is 0 Å². The first-order valence-corrected chi connectivity index (χ1v) is 12.0. The highest BCUT2D eigenvalue weighted by Crippen LogP contribution is 2.38. The van der Waals surface area contributed by atoms with E-state index in [4.69, 9.17) is 9.72 Å². The number of hydrogen-bond donors (Lipinski definition) is 2. The highest BCUT2D eigenvalue weighted by Gasteiger charge is 2.27. The minimum Gasteiger partial charge on any atom is -0.497 e. The molecule has 0 aliphatic heterocycles. The van der Waals surface area contributed by atoms with Gasteiger partial charge in [0.15, 0.2) is 11.0 Å². The summed E-state index contributed by atoms with van der Waals surface area (Å²) in [6.07, 6.45) is 3.59. The lowest BCUT2D eigenvalue weighted by atomic mass is 10.0. The van der Waals surface area contributed by atoms with E-state index in [0.717, 1.165) is 22.0 Å². The number of hydrogen-bond acceptors (Lipinski definition) is 6. The van der Waals surface area contributed by atoms with Crippen LogP contribution in [0, 0.1) is 5.92 Å². The highest BCUT2D eigenvalue weighted by atomic mass is 32.1. The maximum absolute atomic E-state index is 13.2. The van der Waals surface area contributed by atoms with E-state index < -0.39 is 6.04 Å². The summed E-state index contributed by atoms with van der Waals surface area (Å²) in [7, 11) is 3.48. The molecule has 0 radical (unpaired) electrons. The van der Waals surface area contributed by atoms with Crippen LogP contribution in [0.25, 0.3) is 22.0 Å². The van der Waals surface area contributed by atoms with E-state index in [9.17, 15) is 9.59 Å². The molecule has 4 rings (SSSR count). The lowest BCUT2D eigenvalue weighted by molar-refractivity contribution is -0.118. The van der Waals surface area contributed by atoms with Crippen LogP contribution in [0.3, 0.4) is 0 Å². The number of nitrogens with zero attached hydrogens (tertiary/aromatic N) is 3. The third-order valence-corrected chi connectivity index (χ3v) is 6.48. The number of aryl methyl sites for hydroxylation is 1. The number of benzene rings is 2. The van der Waals surface area contributed by atoms with E-state index in [1.165, 1.54) is 11.3 Å². The summed E-state index contributed by atoms with van der Waals surface area (Å²) in [5.41, 5.74) is 2.11. The van der Waals surface area contributed by atoms with Gasteiger partial charge in [0, 0.05) is 30.6 Å². The minimum absolute atomic E-state index is 0.139. The molecule has 1 unspecified atom stereocenters. The zero-order chi connectivity index (χ0) is 24.9. The molecule has 2 aromatic carbocycles. The van der Waals surface area contributed by atoms with Gasteiger partial charge in [-0.1, -0.05) is 55.5 Å². The first-order chi connectivity index (χ1) is 16.9. The van der Waals surface area contributed by atoms with E-state index in [0.29, 0.717) is 16.4 Å². The molecule has 0 aliphatic rings. The number of carbonyl (C=O) groups is 2. The third-order valence-electron chi connectivity index (χ3n) is 5.52. The predicted molar refractivity (Wildman–Crippen MR) is 137 cm³/mol. The van der Waals surface area contributed by atoms with Crippen molar-refractivity contribution >= 4 is 28.3 Å². The van der Waals surface area contributed by atoms with E-state index in [1.54, 1.807) is 37.6 Å². The summed E-state index contributed by atoms with van der Waals surface area (Å²) in [5.74, 6) is 0.608. The molecule has 0 aliphatic carbocycles. The van der Waals surface area contributed by atoms with Crippen LogP contribution in [0.15, 0.2) is 67.0 Å². The topological polar surface area (TPSA) is 98.1 Å². The van der Waals surface area contributed by atoms with Crippen molar-refractivity contribution in [2.45, 2.75) is 19.9 Å². The van der Waals surface area contributed by atoms with Crippen LogP contribution in [0.1, 0.15) is 24.2 Å². The molecule has 2 aromatic heterocycles. The fraction of sp³-hybridized carbons (Fsp3) is 0.231. The number of thiazole rings is 1. The van der Waals surface area contributed by atoms with Crippen molar-refractivity contribution in [3.63, 3.8) is 0 Å². The van der Waals surface area contributed by atoms with Gasteiger partial charge in [-0.15, -0.1) is 0 Å². The average molecular weight is 490 g/mol.